The molecule has 0 fully saturated rings. The van der Waals surface area contributed by atoms with Gasteiger partial charge in [-0.1, -0.05) is 17.4 Å². The Morgan fingerprint density at radius 1 is 1.43 bits per heavy atom. The summed E-state index contributed by atoms with van der Waals surface area (Å²) in [6, 6.07) is 5.64. The van der Waals surface area contributed by atoms with Gasteiger partial charge in [0, 0.05) is 6.54 Å². The van der Waals surface area contributed by atoms with E-state index in [1.165, 1.54) is 11.3 Å². The maximum Gasteiger partial charge on any atom is 0.270 e. The topological polar surface area (TPSA) is 52.8 Å². The van der Waals surface area contributed by atoms with Crippen LogP contribution in [0.5, 0.6) is 11.5 Å². The van der Waals surface area contributed by atoms with E-state index in [1.54, 1.807) is 11.7 Å². The summed E-state index contributed by atoms with van der Waals surface area (Å²) in [6.07, 6.45) is 1.87. The number of aromatic nitrogens is 1. The van der Waals surface area contributed by atoms with Crippen molar-refractivity contribution in [2.24, 2.45) is 4.99 Å². The molecular formula is C15H16N2O3S. The summed E-state index contributed by atoms with van der Waals surface area (Å²) in [6.45, 7) is 3.88. The van der Waals surface area contributed by atoms with Crippen LogP contribution in [0.25, 0.3) is 6.08 Å². The maximum absolute atomic E-state index is 12.2. The van der Waals surface area contributed by atoms with Gasteiger partial charge in [-0.2, -0.15) is 0 Å². The molecule has 3 rings (SSSR count). The lowest BCUT2D eigenvalue weighted by Crippen LogP contribution is -2.29. The first kappa shape index (κ1) is 13.9. The SMILES string of the molecule is CCOc1cc(/C=c2/sc3n(c2=O)CCN=3)ccc1OC. The van der Waals surface area contributed by atoms with Gasteiger partial charge in [-0.15, -0.1) is 0 Å². The first-order valence-electron chi connectivity index (χ1n) is 6.79. The minimum absolute atomic E-state index is 0.0324. The van der Waals surface area contributed by atoms with Gasteiger partial charge in [-0.05, 0) is 30.7 Å². The molecule has 0 N–H and O–H groups in total. The Hall–Kier alpha value is -2.08. The predicted octanol–water partition coefficient (Wildman–Crippen LogP) is 0.779. The van der Waals surface area contributed by atoms with Crippen molar-refractivity contribution < 1.29 is 9.47 Å². The highest BCUT2D eigenvalue weighted by Gasteiger charge is 2.10. The largest absolute Gasteiger partial charge is 0.493 e. The van der Waals surface area contributed by atoms with Crippen LogP contribution in [-0.4, -0.2) is 24.8 Å². The molecule has 2 heterocycles. The molecule has 0 saturated carbocycles. The minimum Gasteiger partial charge on any atom is -0.493 e. The van der Waals surface area contributed by atoms with Crippen LogP contribution in [0.3, 0.4) is 0 Å². The smallest absolute Gasteiger partial charge is 0.270 e. The zero-order chi connectivity index (χ0) is 14.8. The molecule has 2 aromatic rings. The van der Waals surface area contributed by atoms with Gasteiger partial charge < -0.3 is 9.47 Å². The normalized spacial score (nSPS) is 13.9. The van der Waals surface area contributed by atoms with Gasteiger partial charge in [0.15, 0.2) is 16.3 Å². The van der Waals surface area contributed by atoms with E-state index in [-0.39, 0.29) is 5.56 Å². The van der Waals surface area contributed by atoms with Gasteiger partial charge in [0.1, 0.15) is 0 Å². The highest BCUT2D eigenvalue weighted by Crippen LogP contribution is 2.28. The van der Waals surface area contributed by atoms with E-state index < -0.39 is 0 Å². The lowest BCUT2D eigenvalue weighted by Gasteiger charge is -2.09. The molecule has 1 aliphatic rings. The molecule has 6 heteroatoms. The zero-order valence-electron chi connectivity index (χ0n) is 12.0. The Morgan fingerprint density at radius 2 is 2.29 bits per heavy atom. The van der Waals surface area contributed by atoms with Gasteiger partial charge >= 0.3 is 0 Å². The fourth-order valence-corrected chi connectivity index (χ4v) is 3.30. The number of hydrogen-bond acceptors (Lipinski definition) is 5. The summed E-state index contributed by atoms with van der Waals surface area (Å²) in [5, 5.41) is 0. The van der Waals surface area contributed by atoms with Gasteiger partial charge in [0.05, 0.1) is 24.8 Å². The molecule has 110 valence electrons. The molecular weight excluding hydrogens is 288 g/mol. The monoisotopic (exact) mass is 304 g/mol. The van der Waals surface area contributed by atoms with Crippen molar-refractivity contribution in [2.45, 2.75) is 13.5 Å². The van der Waals surface area contributed by atoms with Crippen LogP contribution in [0.1, 0.15) is 12.5 Å². The van der Waals surface area contributed by atoms with Crippen LogP contribution in [0, 0.1) is 0 Å². The second-order valence-electron chi connectivity index (χ2n) is 4.58. The van der Waals surface area contributed by atoms with Crippen molar-refractivity contribution in [3.63, 3.8) is 0 Å². The number of rotatable bonds is 4. The Balaban J connectivity index is 2.07. The Labute approximate surface area is 125 Å². The van der Waals surface area contributed by atoms with Crippen molar-refractivity contribution in [3.8, 4) is 11.5 Å². The number of ether oxygens (including phenoxy) is 2. The van der Waals surface area contributed by atoms with Crippen LogP contribution in [0.4, 0.5) is 0 Å². The first-order valence-corrected chi connectivity index (χ1v) is 7.61. The molecule has 21 heavy (non-hydrogen) atoms. The van der Waals surface area contributed by atoms with Gasteiger partial charge in [-0.25, -0.2) is 0 Å². The van der Waals surface area contributed by atoms with Crippen molar-refractivity contribution in [2.75, 3.05) is 20.3 Å². The van der Waals surface area contributed by atoms with Crippen molar-refractivity contribution in [1.29, 1.82) is 0 Å². The van der Waals surface area contributed by atoms with Crippen molar-refractivity contribution >= 4 is 17.4 Å². The third kappa shape index (κ3) is 2.58. The molecule has 1 aromatic heterocycles. The number of thiazole rings is 1. The second kappa shape index (κ2) is 5.73. The lowest BCUT2D eigenvalue weighted by atomic mass is 10.2. The molecule has 0 atom stereocenters. The standard InChI is InChI=1S/C15H16N2O3S/c1-3-20-12-8-10(4-5-11(12)19-2)9-13-14(18)17-7-6-16-15(17)21-13/h4-5,8-9H,3,6-7H2,1-2H3/b13-9+. The number of methoxy groups -OCH3 is 1. The summed E-state index contributed by atoms with van der Waals surface area (Å²) in [4.78, 5) is 17.3. The van der Waals surface area contributed by atoms with E-state index in [0.717, 1.165) is 10.4 Å². The molecule has 0 unspecified atom stereocenters. The molecule has 0 aliphatic carbocycles. The van der Waals surface area contributed by atoms with Gasteiger partial charge in [0.2, 0.25) is 0 Å². The summed E-state index contributed by atoms with van der Waals surface area (Å²) in [5.74, 6) is 1.37. The van der Waals surface area contributed by atoms with Crippen LogP contribution < -0.4 is 24.4 Å². The summed E-state index contributed by atoms with van der Waals surface area (Å²) >= 11 is 1.43. The van der Waals surface area contributed by atoms with E-state index in [0.29, 0.717) is 35.7 Å². The van der Waals surface area contributed by atoms with Crippen molar-refractivity contribution in [3.05, 3.63) is 43.5 Å². The molecule has 1 aliphatic heterocycles. The first-order chi connectivity index (χ1) is 10.2. The maximum atomic E-state index is 12.2. The summed E-state index contributed by atoms with van der Waals surface area (Å²) in [7, 11) is 1.61. The molecule has 1 aromatic carbocycles. The molecule has 0 amide bonds. The fourth-order valence-electron chi connectivity index (χ4n) is 2.27. The van der Waals surface area contributed by atoms with Gasteiger partial charge in [0.25, 0.3) is 5.56 Å². The lowest BCUT2D eigenvalue weighted by molar-refractivity contribution is 0.311. The van der Waals surface area contributed by atoms with E-state index in [4.69, 9.17) is 9.47 Å². The summed E-state index contributed by atoms with van der Waals surface area (Å²) < 4.78 is 13.2. The van der Waals surface area contributed by atoms with E-state index >= 15 is 0 Å². The van der Waals surface area contributed by atoms with E-state index in [1.807, 2.05) is 31.2 Å². The highest BCUT2D eigenvalue weighted by atomic mass is 32.1. The third-order valence-electron chi connectivity index (χ3n) is 3.24. The predicted molar refractivity (Wildman–Crippen MR) is 82.0 cm³/mol. The Morgan fingerprint density at radius 3 is 3.00 bits per heavy atom. The number of hydrogen-bond donors (Lipinski definition) is 0. The Kier molecular flexibility index (Phi) is 3.79. The highest BCUT2D eigenvalue weighted by molar-refractivity contribution is 7.07. The zero-order valence-corrected chi connectivity index (χ0v) is 12.8. The quantitative estimate of drug-likeness (QED) is 0.839. The van der Waals surface area contributed by atoms with Crippen LogP contribution in [0.2, 0.25) is 0 Å². The van der Waals surface area contributed by atoms with E-state index in [9.17, 15) is 4.79 Å². The average Bonchev–Trinajstić information content (AvgIpc) is 3.04. The van der Waals surface area contributed by atoms with Crippen LogP contribution in [-0.2, 0) is 6.54 Å². The van der Waals surface area contributed by atoms with Gasteiger partial charge in [-0.3, -0.25) is 14.4 Å². The number of nitrogens with zero attached hydrogens (tertiary/aromatic N) is 2. The van der Waals surface area contributed by atoms with Crippen LogP contribution in [0.15, 0.2) is 28.0 Å². The molecule has 0 spiro atoms. The minimum atomic E-state index is 0.0324. The molecule has 0 saturated heterocycles. The van der Waals surface area contributed by atoms with Crippen molar-refractivity contribution in [1.82, 2.24) is 4.57 Å². The second-order valence-corrected chi connectivity index (χ2v) is 5.58. The van der Waals surface area contributed by atoms with Crippen LogP contribution >= 0.6 is 11.3 Å². The fraction of sp³-hybridized carbons (Fsp3) is 0.333. The Bertz CT molecular complexity index is 836. The third-order valence-corrected chi connectivity index (χ3v) is 4.29. The molecule has 5 nitrogen and oxygen atoms in total. The summed E-state index contributed by atoms with van der Waals surface area (Å²) in [5.41, 5.74) is 0.946. The number of benzene rings is 1. The molecule has 0 bridgehead atoms. The average molecular weight is 304 g/mol. The molecule has 0 radical (unpaired) electrons. The van der Waals surface area contributed by atoms with E-state index in [2.05, 4.69) is 4.99 Å². The number of fused-ring (bicyclic) bond motifs is 1.